The Labute approximate surface area is 98.1 Å². The first-order valence-electron chi connectivity index (χ1n) is 6.43. The van der Waals surface area contributed by atoms with E-state index >= 15 is 0 Å². The molecule has 16 heavy (non-hydrogen) atoms. The summed E-state index contributed by atoms with van der Waals surface area (Å²) in [6.07, 6.45) is 5.02. The summed E-state index contributed by atoms with van der Waals surface area (Å²) < 4.78 is 5.78. The van der Waals surface area contributed by atoms with Crippen molar-refractivity contribution in [2.75, 3.05) is 13.2 Å². The summed E-state index contributed by atoms with van der Waals surface area (Å²) >= 11 is 0. The Morgan fingerprint density at radius 2 is 1.94 bits per heavy atom. The van der Waals surface area contributed by atoms with E-state index in [0.29, 0.717) is 18.8 Å². The van der Waals surface area contributed by atoms with Crippen LogP contribution in [0, 0.1) is 5.41 Å². The molecule has 2 atom stereocenters. The van der Waals surface area contributed by atoms with Crippen LogP contribution in [0.15, 0.2) is 0 Å². The van der Waals surface area contributed by atoms with Crippen LogP contribution in [0.3, 0.4) is 0 Å². The summed E-state index contributed by atoms with van der Waals surface area (Å²) in [5, 5.41) is 0. The van der Waals surface area contributed by atoms with Gasteiger partial charge in [-0.05, 0) is 12.8 Å². The molecule has 3 heteroatoms. The van der Waals surface area contributed by atoms with E-state index in [4.69, 9.17) is 4.74 Å². The van der Waals surface area contributed by atoms with Crippen LogP contribution < -0.4 is 0 Å². The van der Waals surface area contributed by atoms with Gasteiger partial charge in [-0.2, -0.15) is 0 Å². The number of carbonyl (C=O) groups excluding carboxylic acids is 1. The average molecular weight is 225 g/mol. The van der Waals surface area contributed by atoms with Crippen LogP contribution in [-0.2, 0) is 9.53 Å². The maximum absolute atomic E-state index is 12.3. The number of morpholine rings is 1. The molecule has 1 saturated carbocycles. The van der Waals surface area contributed by atoms with Gasteiger partial charge in [0.2, 0.25) is 5.91 Å². The van der Waals surface area contributed by atoms with Gasteiger partial charge in [0.15, 0.2) is 0 Å². The predicted octanol–water partition coefficient (Wildman–Crippen LogP) is 2.20. The monoisotopic (exact) mass is 225 g/mol. The van der Waals surface area contributed by atoms with E-state index < -0.39 is 0 Å². The lowest BCUT2D eigenvalue weighted by Crippen LogP contribution is -2.57. The Morgan fingerprint density at radius 3 is 2.62 bits per heavy atom. The van der Waals surface area contributed by atoms with Gasteiger partial charge in [0.25, 0.3) is 0 Å². The molecule has 2 rings (SSSR count). The van der Waals surface area contributed by atoms with Crippen molar-refractivity contribution in [3.63, 3.8) is 0 Å². The van der Waals surface area contributed by atoms with Crippen molar-refractivity contribution in [2.45, 2.75) is 58.6 Å². The molecule has 1 aliphatic heterocycles. The molecule has 0 spiro atoms. The molecule has 0 aromatic rings. The third kappa shape index (κ3) is 2.24. The molecule has 3 nitrogen and oxygen atoms in total. The van der Waals surface area contributed by atoms with E-state index in [9.17, 15) is 4.79 Å². The largest absolute Gasteiger partial charge is 0.374 e. The number of ether oxygens (including phenoxy) is 1. The number of rotatable bonds is 0. The second kappa shape index (κ2) is 4.36. The van der Waals surface area contributed by atoms with Crippen LogP contribution in [0.2, 0.25) is 0 Å². The second-order valence-corrected chi connectivity index (χ2v) is 6.01. The number of carbonyl (C=O) groups is 1. The number of fused-ring (bicyclic) bond motifs is 1. The fraction of sp³-hybridized carbons (Fsp3) is 0.923. The molecule has 1 amide bonds. The molecule has 0 N–H and O–H groups in total. The molecular formula is C13H23NO2. The van der Waals surface area contributed by atoms with E-state index in [2.05, 4.69) is 4.90 Å². The number of amides is 1. The van der Waals surface area contributed by atoms with Gasteiger partial charge in [0.1, 0.15) is 0 Å². The molecule has 0 bridgehead atoms. The summed E-state index contributed by atoms with van der Waals surface area (Å²) in [6.45, 7) is 7.49. The molecule has 0 aromatic carbocycles. The van der Waals surface area contributed by atoms with Gasteiger partial charge in [-0.1, -0.05) is 33.6 Å². The number of hydrogen-bond acceptors (Lipinski definition) is 2. The topological polar surface area (TPSA) is 29.5 Å². The molecule has 0 aromatic heterocycles. The van der Waals surface area contributed by atoms with Gasteiger partial charge < -0.3 is 9.64 Å². The Bertz CT molecular complexity index is 268. The fourth-order valence-electron chi connectivity index (χ4n) is 2.78. The molecule has 0 unspecified atom stereocenters. The zero-order chi connectivity index (χ0) is 11.8. The van der Waals surface area contributed by atoms with Gasteiger partial charge in [-0.25, -0.2) is 0 Å². The molecule has 2 fully saturated rings. The van der Waals surface area contributed by atoms with Gasteiger partial charge in [-0.15, -0.1) is 0 Å². The van der Waals surface area contributed by atoms with Crippen molar-refractivity contribution in [1.29, 1.82) is 0 Å². The zero-order valence-corrected chi connectivity index (χ0v) is 10.7. The molecular weight excluding hydrogens is 202 g/mol. The van der Waals surface area contributed by atoms with Gasteiger partial charge >= 0.3 is 0 Å². The molecule has 1 heterocycles. The molecule has 92 valence electrons. The standard InChI is InChI=1S/C13H23NO2/c1-13(2,3)12(15)14-8-9-16-11-7-5-4-6-10(11)14/h10-11H,4-9H2,1-3H3/t10-,11+/m0/s1. The minimum atomic E-state index is -0.265. The smallest absolute Gasteiger partial charge is 0.228 e. The summed E-state index contributed by atoms with van der Waals surface area (Å²) in [6, 6.07) is 0.342. The predicted molar refractivity (Wildman–Crippen MR) is 63.2 cm³/mol. The minimum Gasteiger partial charge on any atom is -0.374 e. The highest BCUT2D eigenvalue weighted by molar-refractivity contribution is 5.82. The summed E-state index contributed by atoms with van der Waals surface area (Å²) in [5.41, 5.74) is -0.265. The summed E-state index contributed by atoms with van der Waals surface area (Å²) in [7, 11) is 0. The summed E-state index contributed by atoms with van der Waals surface area (Å²) in [4.78, 5) is 14.4. The maximum atomic E-state index is 12.3. The first kappa shape index (κ1) is 11.9. The Balaban J connectivity index is 2.11. The van der Waals surface area contributed by atoms with E-state index in [1.807, 2.05) is 20.8 Å². The molecule has 2 aliphatic rings. The normalized spacial score (nSPS) is 31.1. The highest BCUT2D eigenvalue weighted by Crippen LogP contribution is 2.31. The van der Waals surface area contributed by atoms with Crippen LogP contribution in [0.1, 0.15) is 46.5 Å². The highest BCUT2D eigenvalue weighted by Gasteiger charge is 2.39. The summed E-state index contributed by atoms with van der Waals surface area (Å²) in [5.74, 6) is 0.285. The van der Waals surface area contributed by atoms with Gasteiger partial charge in [0, 0.05) is 12.0 Å². The van der Waals surface area contributed by atoms with Crippen molar-refractivity contribution >= 4 is 5.91 Å². The van der Waals surface area contributed by atoms with E-state index in [1.54, 1.807) is 0 Å². The lowest BCUT2D eigenvalue weighted by Gasteiger charge is -2.45. The third-order valence-electron chi connectivity index (χ3n) is 3.63. The minimum absolute atomic E-state index is 0.265. The molecule has 1 saturated heterocycles. The molecule has 1 aliphatic carbocycles. The SMILES string of the molecule is CC(C)(C)C(=O)N1CCO[C@@H]2CCCC[C@@H]21. The Morgan fingerprint density at radius 1 is 1.25 bits per heavy atom. The van der Waals surface area contributed by atoms with Gasteiger partial charge in [-0.3, -0.25) is 4.79 Å². The van der Waals surface area contributed by atoms with Crippen molar-refractivity contribution in [3.05, 3.63) is 0 Å². The van der Waals surface area contributed by atoms with Crippen molar-refractivity contribution < 1.29 is 9.53 Å². The fourth-order valence-corrected chi connectivity index (χ4v) is 2.78. The van der Waals surface area contributed by atoms with Gasteiger partial charge in [0.05, 0.1) is 18.8 Å². The molecule has 0 radical (unpaired) electrons. The van der Waals surface area contributed by atoms with E-state index in [-0.39, 0.29) is 11.3 Å². The first-order valence-corrected chi connectivity index (χ1v) is 6.43. The third-order valence-corrected chi connectivity index (χ3v) is 3.63. The highest BCUT2D eigenvalue weighted by atomic mass is 16.5. The lowest BCUT2D eigenvalue weighted by atomic mass is 9.87. The quantitative estimate of drug-likeness (QED) is 0.632. The second-order valence-electron chi connectivity index (χ2n) is 6.01. The van der Waals surface area contributed by atoms with E-state index in [0.717, 1.165) is 19.4 Å². The van der Waals surface area contributed by atoms with Crippen LogP contribution in [0.4, 0.5) is 0 Å². The van der Waals surface area contributed by atoms with Crippen LogP contribution in [0.25, 0.3) is 0 Å². The number of hydrogen-bond donors (Lipinski definition) is 0. The first-order chi connectivity index (χ1) is 7.50. The lowest BCUT2D eigenvalue weighted by molar-refractivity contribution is -0.157. The van der Waals surface area contributed by atoms with E-state index in [1.165, 1.54) is 12.8 Å². The van der Waals surface area contributed by atoms with Crippen molar-refractivity contribution in [1.82, 2.24) is 4.90 Å². The van der Waals surface area contributed by atoms with Crippen molar-refractivity contribution in [2.24, 2.45) is 5.41 Å². The Kier molecular flexibility index (Phi) is 3.24. The maximum Gasteiger partial charge on any atom is 0.228 e. The van der Waals surface area contributed by atoms with Crippen molar-refractivity contribution in [3.8, 4) is 0 Å². The van der Waals surface area contributed by atoms with Crippen LogP contribution in [-0.4, -0.2) is 36.1 Å². The zero-order valence-electron chi connectivity index (χ0n) is 10.7. The van der Waals surface area contributed by atoms with Crippen LogP contribution in [0.5, 0.6) is 0 Å². The average Bonchev–Trinajstić information content (AvgIpc) is 2.26. The number of nitrogens with zero attached hydrogens (tertiary/aromatic N) is 1. The van der Waals surface area contributed by atoms with Crippen LogP contribution >= 0.6 is 0 Å². The Hall–Kier alpha value is -0.570.